The predicted molar refractivity (Wildman–Crippen MR) is 83.1 cm³/mol. The van der Waals surface area contributed by atoms with Gasteiger partial charge in [0.1, 0.15) is 0 Å². The second-order valence-electron chi connectivity index (χ2n) is 4.01. The third-order valence-electron chi connectivity index (χ3n) is 2.85. The van der Waals surface area contributed by atoms with Gasteiger partial charge in [-0.3, -0.25) is 4.98 Å². The number of aryl methyl sites for hydroxylation is 1. The van der Waals surface area contributed by atoms with E-state index in [-0.39, 0.29) is 0 Å². The lowest BCUT2D eigenvalue weighted by atomic mass is 10.1. The lowest BCUT2D eigenvalue weighted by Gasteiger charge is -2.14. The molecule has 90 valence electrons. The number of benzene rings is 1. The summed E-state index contributed by atoms with van der Waals surface area (Å²) in [6, 6.07) is 4.07. The molecule has 0 atom stereocenters. The van der Waals surface area contributed by atoms with Crippen LogP contribution in [0.2, 0.25) is 5.02 Å². The summed E-state index contributed by atoms with van der Waals surface area (Å²) in [6.07, 6.45) is 0. The quantitative estimate of drug-likeness (QED) is 0.795. The zero-order valence-electron chi connectivity index (χ0n) is 10.1. The van der Waals surface area contributed by atoms with Crippen molar-refractivity contribution >= 4 is 50.8 Å². The first-order chi connectivity index (χ1) is 8.04. The molecular formula is C13H14ClIN2. The van der Waals surface area contributed by atoms with Gasteiger partial charge >= 0.3 is 0 Å². The van der Waals surface area contributed by atoms with E-state index in [0.717, 1.165) is 32.4 Å². The molecule has 1 N–H and O–H groups in total. The highest BCUT2D eigenvalue weighted by Gasteiger charge is 2.11. The van der Waals surface area contributed by atoms with E-state index in [1.165, 1.54) is 5.56 Å². The Morgan fingerprint density at radius 2 is 2.06 bits per heavy atom. The first-order valence-corrected chi connectivity index (χ1v) is 7.00. The van der Waals surface area contributed by atoms with Crippen molar-refractivity contribution in [3.63, 3.8) is 0 Å². The fourth-order valence-electron chi connectivity index (χ4n) is 1.91. The second-order valence-corrected chi connectivity index (χ2v) is 5.66. The zero-order valence-corrected chi connectivity index (χ0v) is 13.0. The van der Waals surface area contributed by atoms with Crippen LogP contribution in [0.15, 0.2) is 12.1 Å². The van der Waals surface area contributed by atoms with Crippen LogP contribution in [-0.4, -0.2) is 11.5 Å². The molecule has 2 nitrogen and oxygen atoms in total. The number of nitrogens with zero attached hydrogens (tertiary/aromatic N) is 1. The maximum absolute atomic E-state index is 6.26. The minimum Gasteiger partial charge on any atom is -0.385 e. The summed E-state index contributed by atoms with van der Waals surface area (Å²) in [4.78, 5) is 4.58. The number of nitrogens with one attached hydrogen (secondary N) is 1. The van der Waals surface area contributed by atoms with Crippen LogP contribution in [-0.2, 0) is 0 Å². The van der Waals surface area contributed by atoms with E-state index >= 15 is 0 Å². The van der Waals surface area contributed by atoms with Gasteiger partial charge in [-0.2, -0.15) is 0 Å². The normalized spacial score (nSPS) is 10.9. The molecule has 0 spiro atoms. The van der Waals surface area contributed by atoms with Crippen LogP contribution in [0.3, 0.4) is 0 Å². The number of pyridine rings is 1. The Hall–Kier alpha value is -0.550. The molecule has 0 radical (unpaired) electrons. The lowest BCUT2D eigenvalue weighted by Crippen LogP contribution is -2.03. The molecule has 1 heterocycles. The highest BCUT2D eigenvalue weighted by atomic mass is 127. The van der Waals surface area contributed by atoms with E-state index in [9.17, 15) is 0 Å². The Kier molecular flexibility index (Phi) is 3.78. The molecule has 17 heavy (non-hydrogen) atoms. The van der Waals surface area contributed by atoms with Crippen LogP contribution < -0.4 is 5.32 Å². The molecule has 2 aromatic rings. The summed E-state index contributed by atoms with van der Waals surface area (Å²) >= 11 is 8.54. The Bertz CT molecular complexity index is 581. The van der Waals surface area contributed by atoms with Gasteiger partial charge in [0.05, 0.1) is 10.5 Å². The third kappa shape index (κ3) is 2.36. The van der Waals surface area contributed by atoms with Gasteiger partial charge in [0, 0.05) is 26.9 Å². The van der Waals surface area contributed by atoms with Crippen molar-refractivity contribution < 1.29 is 0 Å². The largest absolute Gasteiger partial charge is 0.385 e. The maximum Gasteiger partial charge on any atom is 0.0913 e. The van der Waals surface area contributed by atoms with Crippen LogP contribution in [0, 0.1) is 17.4 Å². The number of hydrogen-bond acceptors (Lipinski definition) is 2. The molecule has 0 aliphatic heterocycles. The molecule has 0 saturated carbocycles. The summed E-state index contributed by atoms with van der Waals surface area (Å²) in [6.45, 7) is 7.09. The summed E-state index contributed by atoms with van der Waals surface area (Å²) in [5.74, 6) is 0. The van der Waals surface area contributed by atoms with Crippen LogP contribution in [0.25, 0.3) is 10.9 Å². The van der Waals surface area contributed by atoms with E-state index < -0.39 is 0 Å². The average Bonchev–Trinajstić information content (AvgIpc) is 2.26. The number of halogens is 2. The molecule has 0 amide bonds. The number of hydrogen-bond donors (Lipinski definition) is 1. The minimum absolute atomic E-state index is 0.717. The Morgan fingerprint density at radius 3 is 2.71 bits per heavy atom. The summed E-state index contributed by atoms with van der Waals surface area (Å²) in [7, 11) is 0. The van der Waals surface area contributed by atoms with Crippen molar-refractivity contribution in [2.24, 2.45) is 0 Å². The van der Waals surface area contributed by atoms with Crippen molar-refractivity contribution in [1.29, 1.82) is 0 Å². The zero-order chi connectivity index (χ0) is 12.6. The topological polar surface area (TPSA) is 24.9 Å². The fourth-order valence-corrected chi connectivity index (χ4v) is 2.98. The van der Waals surface area contributed by atoms with Gasteiger partial charge in [-0.25, -0.2) is 0 Å². The molecule has 0 aliphatic carbocycles. The molecule has 4 heteroatoms. The molecule has 0 aliphatic rings. The van der Waals surface area contributed by atoms with Crippen molar-refractivity contribution in [2.45, 2.75) is 20.8 Å². The predicted octanol–water partition coefficient (Wildman–Crippen LogP) is 4.54. The van der Waals surface area contributed by atoms with Crippen molar-refractivity contribution in [3.05, 3.63) is 32.0 Å². The molecule has 0 saturated heterocycles. The SMILES string of the molecule is CCNc1c(C)c(C)nc2c(Cl)cc(I)cc12. The monoisotopic (exact) mass is 360 g/mol. The van der Waals surface area contributed by atoms with Crippen LogP contribution >= 0.6 is 34.2 Å². The molecule has 1 aromatic carbocycles. The van der Waals surface area contributed by atoms with E-state index in [2.05, 4.69) is 52.8 Å². The van der Waals surface area contributed by atoms with Crippen LogP contribution in [0.1, 0.15) is 18.2 Å². The smallest absolute Gasteiger partial charge is 0.0913 e. The van der Waals surface area contributed by atoms with Gasteiger partial charge in [0.25, 0.3) is 0 Å². The standard InChI is InChI=1S/C13H14ClIN2/c1-4-16-12-7(2)8(3)17-13-10(12)5-9(15)6-11(13)14/h5-6H,4H2,1-3H3,(H,16,17). The first kappa shape index (κ1) is 12.9. The fraction of sp³-hybridized carbons (Fsp3) is 0.308. The molecular weight excluding hydrogens is 347 g/mol. The molecule has 2 rings (SSSR count). The van der Waals surface area contributed by atoms with Crippen molar-refractivity contribution in [1.82, 2.24) is 4.98 Å². The summed E-state index contributed by atoms with van der Waals surface area (Å²) in [5.41, 5.74) is 4.25. The second kappa shape index (κ2) is 4.98. The maximum atomic E-state index is 6.26. The van der Waals surface area contributed by atoms with E-state index in [4.69, 9.17) is 11.6 Å². The highest BCUT2D eigenvalue weighted by molar-refractivity contribution is 14.1. The Balaban J connectivity index is 2.87. The number of rotatable bonds is 2. The first-order valence-electron chi connectivity index (χ1n) is 5.54. The minimum atomic E-state index is 0.717. The van der Waals surface area contributed by atoms with Gasteiger partial charge in [-0.15, -0.1) is 0 Å². The van der Waals surface area contributed by atoms with E-state index in [1.54, 1.807) is 0 Å². The van der Waals surface area contributed by atoms with Gasteiger partial charge < -0.3 is 5.32 Å². The number of anilines is 1. The summed E-state index contributed by atoms with van der Waals surface area (Å²) < 4.78 is 1.13. The van der Waals surface area contributed by atoms with Gasteiger partial charge in [0.2, 0.25) is 0 Å². The number of fused-ring (bicyclic) bond motifs is 1. The van der Waals surface area contributed by atoms with Crippen molar-refractivity contribution in [2.75, 3.05) is 11.9 Å². The van der Waals surface area contributed by atoms with Gasteiger partial charge in [0.15, 0.2) is 0 Å². The lowest BCUT2D eigenvalue weighted by molar-refractivity contribution is 1.15. The molecule has 0 unspecified atom stereocenters. The highest BCUT2D eigenvalue weighted by Crippen LogP contribution is 2.33. The van der Waals surface area contributed by atoms with Gasteiger partial charge in [-0.1, -0.05) is 11.6 Å². The van der Waals surface area contributed by atoms with Crippen molar-refractivity contribution in [3.8, 4) is 0 Å². The van der Waals surface area contributed by atoms with Crippen LogP contribution in [0.5, 0.6) is 0 Å². The Morgan fingerprint density at radius 1 is 1.35 bits per heavy atom. The average molecular weight is 361 g/mol. The molecule has 1 aromatic heterocycles. The summed E-state index contributed by atoms with van der Waals surface area (Å²) in [5, 5.41) is 5.23. The third-order valence-corrected chi connectivity index (χ3v) is 3.76. The van der Waals surface area contributed by atoms with Gasteiger partial charge in [-0.05, 0) is 61.1 Å². The van der Waals surface area contributed by atoms with E-state index in [0.29, 0.717) is 5.02 Å². The Labute approximate surface area is 120 Å². The van der Waals surface area contributed by atoms with Crippen LogP contribution in [0.4, 0.5) is 5.69 Å². The molecule has 0 bridgehead atoms. The number of aromatic nitrogens is 1. The molecule has 0 fully saturated rings. The van der Waals surface area contributed by atoms with E-state index in [1.807, 2.05) is 13.0 Å².